The summed E-state index contributed by atoms with van der Waals surface area (Å²) in [4.78, 5) is 5.01. The van der Waals surface area contributed by atoms with Crippen LogP contribution in [0.25, 0.3) is 82.0 Å². The van der Waals surface area contributed by atoms with Gasteiger partial charge in [-0.25, -0.2) is 0 Å². The van der Waals surface area contributed by atoms with Gasteiger partial charge in [0.05, 0.1) is 38.7 Å². The van der Waals surface area contributed by atoms with E-state index in [0.717, 1.165) is 66.6 Å². The summed E-state index contributed by atoms with van der Waals surface area (Å²) >= 11 is 0. The van der Waals surface area contributed by atoms with Crippen molar-refractivity contribution in [3.8, 4) is 0 Å². The number of para-hydroxylation sites is 5. The molecule has 15 rings (SSSR count). The Morgan fingerprint density at radius 3 is 1.55 bits per heavy atom. The zero-order valence-corrected chi connectivity index (χ0v) is 32.1. The third-order valence-corrected chi connectivity index (χ3v) is 13.5. The Kier molecular flexibility index (Phi) is 5.67. The van der Waals surface area contributed by atoms with E-state index >= 15 is 0 Å². The van der Waals surface area contributed by atoms with Gasteiger partial charge in [0.2, 0.25) is 0 Å². The Balaban J connectivity index is 1.10. The highest BCUT2D eigenvalue weighted by Gasteiger charge is 2.44. The monoisotopic (exact) mass is 763 g/mol. The van der Waals surface area contributed by atoms with Gasteiger partial charge >= 0.3 is 0 Å². The summed E-state index contributed by atoms with van der Waals surface area (Å²) in [5.41, 5.74) is 17.9. The molecule has 2 aliphatic rings. The highest BCUT2D eigenvalue weighted by molar-refractivity contribution is 7.00. The minimum absolute atomic E-state index is 0.0308. The van der Waals surface area contributed by atoms with Crippen LogP contribution in [0, 0.1) is 0 Å². The molecule has 6 heterocycles. The summed E-state index contributed by atoms with van der Waals surface area (Å²) in [6.07, 6.45) is 0. The second-order valence-electron chi connectivity index (χ2n) is 16.4. The molecule has 13 aromatic rings. The second kappa shape index (κ2) is 11.0. The summed E-state index contributed by atoms with van der Waals surface area (Å²) < 4.78 is 15.6. The van der Waals surface area contributed by atoms with Crippen LogP contribution in [0.3, 0.4) is 0 Å². The van der Waals surface area contributed by atoms with Crippen molar-refractivity contribution in [1.29, 1.82) is 0 Å². The van der Waals surface area contributed by atoms with Crippen LogP contribution >= 0.6 is 0 Å². The van der Waals surface area contributed by atoms with Crippen molar-refractivity contribution in [2.75, 3.05) is 9.80 Å². The van der Waals surface area contributed by atoms with Crippen molar-refractivity contribution in [3.63, 3.8) is 0 Å². The standard InChI is InChI=1S/C54H30BN3O2/c1-5-19-39-31(13-1)32-16-9-17-33-36-29-38-46(30-45(36)58(39)54(32)33)57(42-22-12-28-50-52(42)35-15-3-8-26-48(35)60-50)44-24-10-23-43-53(44)55(38)37-18-4-6-20-40(37)56(43)41-21-11-27-49-51(41)34-14-2-7-25-47(34)59-49/h1-30H. The molecule has 0 saturated heterocycles. The maximum atomic E-state index is 6.57. The predicted molar refractivity (Wildman–Crippen MR) is 250 cm³/mol. The molecule has 0 atom stereocenters. The van der Waals surface area contributed by atoms with E-state index in [2.05, 4.69) is 190 Å². The quantitative estimate of drug-likeness (QED) is 0.164. The van der Waals surface area contributed by atoms with Gasteiger partial charge in [0, 0.05) is 55.1 Å². The van der Waals surface area contributed by atoms with Gasteiger partial charge in [-0.2, -0.15) is 0 Å². The Bertz CT molecular complexity index is 4000. The molecule has 5 nitrogen and oxygen atoms in total. The maximum Gasteiger partial charge on any atom is 0.252 e. The predicted octanol–water partition coefficient (Wildman–Crippen LogP) is 12.7. The van der Waals surface area contributed by atoms with E-state index in [9.17, 15) is 0 Å². The number of aromatic nitrogens is 1. The Morgan fingerprint density at radius 1 is 0.333 bits per heavy atom. The molecule has 60 heavy (non-hydrogen) atoms. The number of nitrogens with zero attached hydrogens (tertiary/aromatic N) is 3. The van der Waals surface area contributed by atoms with Gasteiger partial charge in [0.15, 0.2) is 0 Å². The van der Waals surface area contributed by atoms with E-state index in [1.54, 1.807) is 0 Å². The van der Waals surface area contributed by atoms with Crippen LogP contribution in [0.2, 0.25) is 0 Å². The molecule has 0 aliphatic carbocycles. The average Bonchev–Trinajstić information content (AvgIpc) is 4.05. The first-order valence-electron chi connectivity index (χ1n) is 20.6. The van der Waals surface area contributed by atoms with Gasteiger partial charge in [-0.1, -0.05) is 115 Å². The minimum Gasteiger partial charge on any atom is -0.456 e. The van der Waals surface area contributed by atoms with E-state index in [0.29, 0.717) is 0 Å². The molecule has 0 N–H and O–H groups in total. The smallest absolute Gasteiger partial charge is 0.252 e. The van der Waals surface area contributed by atoms with E-state index in [4.69, 9.17) is 8.83 Å². The van der Waals surface area contributed by atoms with Gasteiger partial charge < -0.3 is 23.0 Å². The van der Waals surface area contributed by atoms with Crippen molar-refractivity contribution < 1.29 is 8.83 Å². The van der Waals surface area contributed by atoms with Crippen molar-refractivity contribution >= 4 is 139 Å². The number of fused-ring (bicyclic) bond motifs is 16. The number of rotatable bonds is 2. The summed E-state index contributed by atoms with van der Waals surface area (Å²) in [6.45, 7) is -0.0308. The Morgan fingerprint density at radius 2 is 0.833 bits per heavy atom. The van der Waals surface area contributed by atoms with Crippen molar-refractivity contribution in [2.24, 2.45) is 0 Å². The van der Waals surface area contributed by atoms with Gasteiger partial charge in [-0.3, -0.25) is 0 Å². The fraction of sp³-hybridized carbons (Fsp3) is 0. The first kappa shape index (κ1) is 31.1. The first-order valence-corrected chi connectivity index (χ1v) is 20.6. The van der Waals surface area contributed by atoms with E-state index < -0.39 is 0 Å². The molecule has 0 unspecified atom stereocenters. The van der Waals surface area contributed by atoms with Crippen LogP contribution in [-0.2, 0) is 0 Å². The first-order chi connectivity index (χ1) is 29.8. The fourth-order valence-electron chi connectivity index (χ4n) is 11.2. The molecule has 4 aromatic heterocycles. The molecule has 6 heteroatoms. The van der Waals surface area contributed by atoms with Crippen LogP contribution < -0.4 is 26.2 Å². The highest BCUT2D eigenvalue weighted by Crippen LogP contribution is 2.50. The molecule has 0 fully saturated rings. The lowest BCUT2D eigenvalue weighted by Crippen LogP contribution is -2.61. The van der Waals surface area contributed by atoms with E-state index in [-0.39, 0.29) is 6.71 Å². The van der Waals surface area contributed by atoms with Crippen molar-refractivity contribution in [3.05, 3.63) is 182 Å². The number of hydrogen-bond acceptors (Lipinski definition) is 4. The van der Waals surface area contributed by atoms with Crippen LogP contribution in [0.1, 0.15) is 0 Å². The summed E-state index contributed by atoms with van der Waals surface area (Å²) in [6, 6.07) is 66.3. The lowest BCUT2D eigenvalue weighted by Gasteiger charge is -2.44. The third kappa shape index (κ3) is 3.71. The number of benzene rings is 9. The zero-order valence-electron chi connectivity index (χ0n) is 32.1. The SMILES string of the molecule is c1ccc2c(c1)B1c3cc4c5cccc6c7ccccc7n(c4cc3N(c3cccc4oc7ccccc7c34)c3cccc(c31)N2c1cccc2oc3ccccc3c12)c65. The molecule has 276 valence electrons. The van der Waals surface area contributed by atoms with Gasteiger partial charge in [-0.15, -0.1) is 0 Å². The normalized spacial score (nSPS) is 13.6. The third-order valence-electron chi connectivity index (χ3n) is 13.5. The molecule has 0 saturated carbocycles. The number of furan rings is 2. The molecule has 0 radical (unpaired) electrons. The maximum absolute atomic E-state index is 6.57. The highest BCUT2D eigenvalue weighted by atomic mass is 16.3. The molecule has 0 amide bonds. The Labute approximate surface area is 342 Å². The molecular weight excluding hydrogens is 733 g/mol. The average molecular weight is 764 g/mol. The molecule has 0 bridgehead atoms. The summed E-state index contributed by atoms with van der Waals surface area (Å²) in [5.74, 6) is 0. The van der Waals surface area contributed by atoms with Crippen LogP contribution in [0.15, 0.2) is 191 Å². The fourth-order valence-corrected chi connectivity index (χ4v) is 11.2. The van der Waals surface area contributed by atoms with Crippen molar-refractivity contribution in [1.82, 2.24) is 4.40 Å². The number of anilines is 6. The van der Waals surface area contributed by atoms with E-state index in [1.165, 1.54) is 65.9 Å². The summed E-state index contributed by atoms with van der Waals surface area (Å²) in [5, 5.41) is 9.54. The lowest BCUT2D eigenvalue weighted by molar-refractivity contribution is 0.668. The number of hydrogen-bond donors (Lipinski definition) is 0. The largest absolute Gasteiger partial charge is 0.456 e. The zero-order chi connectivity index (χ0) is 38.8. The van der Waals surface area contributed by atoms with Gasteiger partial charge in [0.1, 0.15) is 22.3 Å². The van der Waals surface area contributed by atoms with Gasteiger partial charge in [0.25, 0.3) is 6.71 Å². The molecule has 2 aliphatic heterocycles. The topological polar surface area (TPSA) is 37.2 Å². The van der Waals surface area contributed by atoms with Crippen LogP contribution in [-0.4, -0.2) is 11.1 Å². The van der Waals surface area contributed by atoms with Crippen LogP contribution in [0.4, 0.5) is 34.1 Å². The lowest BCUT2D eigenvalue weighted by atomic mass is 9.33. The Hall–Kier alpha value is -7.96. The van der Waals surface area contributed by atoms with E-state index in [1.807, 2.05) is 6.07 Å². The van der Waals surface area contributed by atoms with Gasteiger partial charge in [-0.05, 0) is 83.1 Å². The molecular formula is C54H30BN3O2. The summed E-state index contributed by atoms with van der Waals surface area (Å²) in [7, 11) is 0. The molecule has 0 spiro atoms. The van der Waals surface area contributed by atoms with Crippen LogP contribution in [0.5, 0.6) is 0 Å². The second-order valence-corrected chi connectivity index (χ2v) is 16.4. The molecule has 9 aromatic carbocycles. The van der Waals surface area contributed by atoms with Crippen molar-refractivity contribution in [2.45, 2.75) is 0 Å². The minimum atomic E-state index is -0.0308.